The van der Waals surface area contributed by atoms with Crippen molar-refractivity contribution in [2.45, 2.75) is 25.9 Å². The summed E-state index contributed by atoms with van der Waals surface area (Å²) in [6, 6.07) is 20.9. The number of fused-ring (bicyclic) bond motifs is 1. The molecule has 30 heavy (non-hydrogen) atoms. The quantitative estimate of drug-likeness (QED) is 0.595. The van der Waals surface area contributed by atoms with E-state index < -0.39 is 6.10 Å². The summed E-state index contributed by atoms with van der Waals surface area (Å²) in [5.74, 6) is 2.12. The Bertz CT molecular complexity index is 1010. The largest absolute Gasteiger partial charge is 0.494 e. The van der Waals surface area contributed by atoms with Crippen molar-refractivity contribution >= 4 is 17.5 Å². The van der Waals surface area contributed by atoms with E-state index in [1.807, 2.05) is 61.5 Å². The number of ether oxygens (including phenoxy) is 2. The third kappa shape index (κ3) is 4.38. The van der Waals surface area contributed by atoms with E-state index in [0.29, 0.717) is 30.5 Å². The van der Waals surface area contributed by atoms with E-state index in [1.54, 1.807) is 17.0 Å². The molecular formula is C24H25N3O3. The summed E-state index contributed by atoms with van der Waals surface area (Å²) in [6.07, 6.45) is 0.897. The van der Waals surface area contributed by atoms with Gasteiger partial charge in [0.25, 0.3) is 5.91 Å². The van der Waals surface area contributed by atoms with Crippen molar-refractivity contribution in [2.75, 3.05) is 23.8 Å². The molecule has 3 aromatic rings. The van der Waals surface area contributed by atoms with Crippen LogP contribution in [0.2, 0.25) is 0 Å². The minimum Gasteiger partial charge on any atom is -0.494 e. The van der Waals surface area contributed by atoms with Gasteiger partial charge < -0.3 is 15.2 Å². The first-order chi connectivity index (χ1) is 14.6. The maximum Gasteiger partial charge on any atom is 0.274 e. The number of carbonyl (C=O) groups is 1. The van der Waals surface area contributed by atoms with Gasteiger partial charge in [0.15, 0.2) is 11.6 Å². The zero-order chi connectivity index (χ0) is 20.9. The number of benzene rings is 2. The first kappa shape index (κ1) is 19.8. The summed E-state index contributed by atoms with van der Waals surface area (Å²) in [6.45, 7) is 3.15. The number of aryl methyl sites for hydroxylation is 1. The number of carbonyl (C=O) groups excluding carboxylic acids is 1. The van der Waals surface area contributed by atoms with Crippen LogP contribution in [0.15, 0.2) is 66.7 Å². The summed E-state index contributed by atoms with van der Waals surface area (Å²) >= 11 is 0. The molecular weight excluding hydrogens is 378 g/mol. The van der Waals surface area contributed by atoms with Gasteiger partial charge in [-0.1, -0.05) is 48.0 Å². The molecule has 6 heteroatoms. The number of rotatable bonds is 7. The molecule has 0 spiro atoms. The van der Waals surface area contributed by atoms with Crippen LogP contribution >= 0.6 is 0 Å². The molecule has 0 radical (unpaired) electrons. The molecule has 0 aliphatic carbocycles. The van der Waals surface area contributed by atoms with E-state index in [-0.39, 0.29) is 5.91 Å². The van der Waals surface area contributed by atoms with Crippen molar-refractivity contribution in [3.63, 3.8) is 0 Å². The minimum atomic E-state index is -0.687. The molecule has 0 fully saturated rings. The summed E-state index contributed by atoms with van der Waals surface area (Å²) in [4.78, 5) is 19.2. The van der Waals surface area contributed by atoms with Crippen LogP contribution in [0.1, 0.15) is 30.1 Å². The van der Waals surface area contributed by atoms with Crippen LogP contribution in [0.4, 0.5) is 11.6 Å². The smallest absolute Gasteiger partial charge is 0.274 e. The Hall–Kier alpha value is -3.54. The lowest BCUT2D eigenvalue weighted by atomic mass is 10.1. The van der Waals surface area contributed by atoms with Crippen LogP contribution in [0.5, 0.6) is 11.5 Å². The average Bonchev–Trinajstić information content (AvgIpc) is 2.76. The average molecular weight is 403 g/mol. The fourth-order valence-corrected chi connectivity index (χ4v) is 3.41. The number of anilines is 2. The van der Waals surface area contributed by atoms with Gasteiger partial charge in [0.05, 0.1) is 6.61 Å². The van der Waals surface area contributed by atoms with E-state index in [2.05, 4.69) is 4.98 Å². The standard InChI is InChI=1S/C24H25N3O3/c1-17-9-11-19(12-10-17)29-16-6-5-15-27-23-20(13-14-21(25)26-23)30-22(24(27)28)18-7-3-2-4-8-18/h2-4,7-14,22H,5-6,15-16H2,1H3,(H2,25,26). The lowest BCUT2D eigenvalue weighted by Gasteiger charge is -2.33. The highest BCUT2D eigenvalue weighted by Crippen LogP contribution is 2.38. The first-order valence-electron chi connectivity index (χ1n) is 10.1. The molecule has 4 rings (SSSR count). The number of nitrogens with two attached hydrogens (primary N) is 1. The van der Waals surface area contributed by atoms with E-state index in [1.165, 1.54) is 5.56 Å². The van der Waals surface area contributed by atoms with Crippen molar-refractivity contribution in [3.05, 3.63) is 77.9 Å². The molecule has 2 aromatic carbocycles. The molecule has 0 saturated heterocycles. The second kappa shape index (κ2) is 8.86. The van der Waals surface area contributed by atoms with Gasteiger partial charge >= 0.3 is 0 Å². The van der Waals surface area contributed by atoms with Crippen LogP contribution in [0.25, 0.3) is 0 Å². The number of hydrogen-bond donors (Lipinski definition) is 1. The topological polar surface area (TPSA) is 77.7 Å². The maximum absolute atomic E-state index is 13.2. The molecule has 1 aliphatic heterocycles. The Labute approximate surface area is 176 Å². The van der Waals surface area contributed by atoms with Crippen LogP contribution in [-0.4, -0.2) is 24.0 Å². The van der Waals surface area contributed by atoms with Gasteiger partial charge in [0.1, 0.15) is 11.6 Å². The number of hydrogen-bond acceptors (Lipinski definition) is 5. The zero-order valence-corrected chi connectivity index (χ0v) is 17.0. The fraction of sp³-hybridized carbons (Fsp3) is 0.250. The SMILES string of the molecule is Cc1ccc(OCCCCN2C(=O)C(c3ccccc3)Oc3ccc(N)nc32)cc1. The van der Waals surface area contributed by atoms with Crippen molar-refractivity contribution < 1.29 is 14.3 Å². The summed E-state index contributed by atoms with van der Waals surface area (Å²) < 4.78 is 11.8. The Kier molecular flexibility index (Phi) is 5.84. The van der Waals surface area contributed by atoms with Crippen LogP contribution < -0.4 is 20.1 Å². The molecule has 0 saturated carbocycles. The van der Waals surface area contributed by atoms with Crippen LogP contribution in [0, 0.1) is 6.92 Å². The zero-order valence-electron chi connectivity index (χ0n) is 17.0. The van der Waals surface area contributed by atoms with Gasteiger partial charge in [-0.2, -0.15) is 0 Å². The molecule has 1 aromatic heterocycles. The lowest BCUT2D eigenvalue weighted by molar-refractivity contribution is -0.126. The first-order valence-corrected chi connectivity index (χ1v) is 10.1. The number of aromatic nitrogens is 1. The molecule has 0 bridgehead atoms. The minimum absolute atomic E-state index is 0.133. The predicted molar refractivity (Wildman–Crippen MR) is 117 cm³/mol. The number of amides is 1. The highest BCUT2D eigenvalue weighted by molar-refractivity contribution is 5.99. The highest BCUT2D eigenvalue weighted by Gasteiger charge is 2.36. The molecule has 154 valence electrons. The van der Waals surface area contributed by atoms with Gasteiger partial charge in [-0.15, -0.1) is 0 Å². The molecule has 2 heterocycles. The molecule has 1 amide bonds. The normalized spacial score (nSPS) is 15.4. The van der Waals surface area contributed by atoms with Crippen LogP contribution in [-0.2, 0) is 4.79 Å². The molecule has 6 nitrogen and oxygen atoms in total. The van der Waals surface area contributed by atoms with Crippen molar-refractivity contribution in [1.82, 2.24) is 4.98 Å². The van der Waals surface area contributed by atoms with Crippen LogP contribution in [0.3, 0.4) is 0 Å². The number of nitrogens with zero attached hydrogens (tertiary/aromatic N) is 2. The van der Waals surface area contributed by atoms with Gasteiger partial charge in [0, 0.05) is 12.1 Å². The Morgan fingerprint density at radius 2 is 1.80 bits per heavy atom. The Morgan fingerprint density at radius 1 is 1.03 bits per heavy atom. The van der Waals surface area contributed by atoms with E-state index >= 15 is 0 Å². The lowest BCUT2D eigenvalue weighted by Crippen LogP contribution is -2.42. The van der Waals surface area contributed by atoms with E-state index in [9.17, 15) is 4.79 Å². The number of pyridine rings is 1. The van der Waals surface area contributed by atoms with Gasteiger partial charge in [0.2, 0.25) is 6.10 Å². The van der Waals surface area contributed by atoms with Crippen molar-refractivity contribution in [1.29, 1.82) is 0 Å². The molecule has 1 atom stereocenters. The second-order valence-electron chi connectivity index (χ2n) is 7.32. The fourth-order valence-electron chi connectivity index (χ4n) is 3.41. The number of nitrogen functional groups attached to an aromatic ring is 1. The summed E-state index contributed by atoms with van der Waals surface area (Å²) in [5, 5.41) is 0. The van der Waals surface area contributed by atoms with E-state index in [4.69, 9.17) is 15.2 Å². The summed E-state index contributed by atoms with van der Waals surface area (Å²) in [7, 11) is 0. The van der Waals surface area contributed by atoms with E-state index in [0.717, 1.165) is 24.2 Å². The van der Waals surface area contributed by atoms with Crippen molar-refractivity contribution in [2.24, 2.45) is 0 Å². The monoisotopic (exact) mass is 403 g/mol. The van der Waals surface area contributed by atoms with Crippen molar-refractivity contribution in [3.8, 4) is 11.5 Å². The summed E-state index contributed by atoms with van der Waals surface area (Å²) in [5.41, 5.74) is 7.88. The third-order valence-corrected chi connectivity index (χ3v) is 5.02. The Morgan fingerprint density at radius 3 is 2.57 bits per heavy atom. The second-order valence-corrected chi connectivity index (χ2v) is 7.32. The highest BCUT2D eigenvalue weighted by atomic mass is 16.5. The molecule has 1 unspecified atom stereocenters. The maximum atomic E-state index is 13.2. The Balaban J connectivity index is 1.43. The third-order valence-electron chi connectivity index (χ3n) is 5.02. The molecule has 2 N–H and O–H groups in total. The molecule has 1 aliphatic rings. The van der Waals surface area contributed by atoms with Gasteiger partial charge in [-0.3, -0.25) is 9.69 Å². The van der Waals surface area contributed by atoms with Gasteiger partial charge in [-0.05, 0) is 44.0 Å². The predicted octanol–water partition coefficient (Wildman–Crippen LogP) is 4.30. The van der Waals surface area contributed by atoms with Gasteiger partial charge in [-0.25, -0.2) is 4.98 Å². The number of unbranched alkanes of at least 4 members (excludes halogenated alkanes) is 1.